The number of rotatable bonds is 15. The van der Waals surface area contributed by atoms with Gasteiger partial charge in [-0.2, -0.15) is 0 Å². The topological polar surface area (TPSA) is 245 Å². The van der Waals surface area contributed by atoms with Gasteiger partial charge >= 0.3 is 18.1 Å². The lowest BCUT2D eigenvalue weighted by atomic mass is 9.81. The van der Waals surface area contributed by atoms with E-state index in [9.17, 15) is 33.9 Å². The zero-order valence-electron chi connectivity index (χ0n) is 36.8. The van der Waals surface area contributed by atoms with Crippen molar-refractivity contribution >= 4 is 46.5 Å². The Balaban J connectivity index is 1.06. The average molecular weight is 883 g/mol. The molecule has 0 spiro atoms. The van der Waals surface area contributed by atoms with Crippen LogP contribution in [0, 0.1) is 18.7 Å². The molecule has 2 aromatic carbocycles. The van der Waals surface area contributed by atoms with Gasteiger partial charge in [0.1, 0.15) is 25.1 Å². The smallest absolute Gasteiger partial charge is 0.407 e. The number of halogens is 1. The fraction of sp³-hybridized carbons (Fsp3) is 0.457. The minimum Gasteiger partial charge on any atom is -0.458 e. The van der Waals surface area contributed by atoms with E-state index >= 15 is 4.39 Å². The molecule has 8 N–H and O–H groups in total. The number of carbonyl (C=O) groups excluding carboxylic acids is 5. The fourth-order valence-corrected chi connectivity index (χ4v) is 8.92. The molecular formula is C46H55FN8O9. The first-order valence-electron chi connectivity index (χ1n) is 21.7. The minimum atomic E-state index is -2.02. The Bertz CT molecular complexity index is 2600. The standard InChI is InChI=1S/C46H55FN8O9/c1-7-46(62)30-17-35-39-28(19-55(35)42(58)29(30)21-63-43(46)59)37-32(15-14-27-24(6)31(47)18-34(52-39)36(27)37)54-45(61)64-20-25-10-12-26(13-11-25)51-40(56)33(9-8-16-49-44(48)60)53-41(57)38(22(2)3)50-23(4)5/h10-13,17-18,22-23,32-33,38,50,62H,7-9,14-16,19-21H2,1-6H3,(H,51,56)(H,53,57)(H,54,61)(H3,48,49,60)/t32-,33-,38-,46-/m0/s1. The van der Waals surface area contributed by atoms with Gasteiger partial charge in [-0.05, 0) is 85.4 Å². The van der Waals surface area contributed by atoms with Crippen LogP contribution in [0.3, 0.4) is 0 Å². The second-order valence-corrected chi connectivity index (χ2v) is 17.3. The Kier molecular flexibility index (Phi) is 13.1. The molecule has 17 nitrogen and oxygen atoms in total. The van der Waals surface area contributed by atoms with E-state index < -0.39 is 59.1 Å². The summed E-state index contributed by atoms with van der Waals surface area (Å²) < 4.78 is 27.8. The highest BCUT2D eigenvalue weighted by molar-refractivity contribution is 5.98. The number of carbonyl (C=O) groups is 5. The van der Waals surface area contributed by atoms with Crippen molar-refractivity contribution in [2.45, 2.75) is 123 Å². The predicted octanol–water partition coefficient (Wildman–Crippen LogP) is 4.34. The number of ether oxygens (including phenoxy) is 2. The number of esters is 1. The number of pyridine rings is 2. The molecule has 0 radical (unpaired) electrons. The van der Waals surface area contributed by atoms with Crippen molar-refractivity contribution in [2.24, 2.45) is 11.7 Å². The summed E-state index contributed by atoms with van der Waals surface area (Å²) in [6.07, 6.45) is 0.717. The van der Waals surface area contributed by atoms with Crippen molar-refractivity contribution in [3.63, 3.8) is 0 Å². The Morgan fingerprint density at radius 2 is 1.80 bits per heavy atom. The third-order valence-electron chi connectivity index (χ3n) is 12.3. The van der Waals surface area contributed by atoms with Gasteiger partial charge in [0, 0.05) is 40.9 Å². The molecule has 4 aromatic rings. The van der Waals surface area contributed by atoms with Gasteiger partial charge in [0.15, 0.2) is 5.60 Å². The number of aliphatic hydroxyl groups is 1. The van der Waals surface area contributed by atoms with Gasteiger partial charge < -0.3 is 51.5 Å². The van der Waals surface area contributed by atoms with Gasteiger partial charge in [-0.3, -0.25) is 14.4 Å². The van der Waals surface area contributed by atoms with Gasteiger partial charge in [-0.25, -0.2) is 23.8 Å². The average Bonchev–Trinajstić information content (AvgIpc) is 3.62. The Hall–Kier alpha value is -6.40. The molecule has 0 saturated heterocycles. The van der Waals surface area contributed by atoms with E-state index in [1.54, 1.807) is 44.2 Å². The first-order valence-corrected chi connectivity index (χ1v) is 21.7. The molecule has 2 aliphatic heterocycles. The second kappa shape index (κ2) is 18.4. The van der Waals surface area contributed by atoms with E-state index in [1.807, 2.05) is 27.7 Å². The number of nitrogens with one attached hydrogen (secondary N) is 5. The van der Waals surface area contributed by atoms with Crippen molar-refractivity contribution in [2.75, 3.05) is 11.9 Å². The molecule has 0 bridgehead atoms. The molecule has 340 valence electrons. The van der Waals surface area contributed by atoms with Crippen LogP contribution >= 0.6 is 0 Å². The molecule has 64 heavy (non-hydrogen) atoms. The predicted molar refractivity (Wildman–Crippen MR) is 234 cm³/mol. The number of nitrogens with two attached hydrogens (primary N) is 1. The molecule has 0 fully saturated rings. The summed E-state index contributed by atoms with van der Waals surface area (Å²) in [7, 11) is 0. The van der Waals surface area contributed by atoms with Crippen molar-refractivity contribution in [1.29, 1.82) is 0 Å². The monoisotopic (exact) mass is 882 g/mol. The number of alkyl carbamates (subject to hydrolysis) is 1. The number of aryl methyl sites for hydroxylation is 1. The summed E-state index contributed by atoms with van der Waals surface area (Å²) >= 11 is 0. The summed E-state index contributed by atoms with van der Waals surface area (Å²) in [6.45, 7) is 10.9. The summed E-state index contributed by atoms with van der Waals surface area (Å²) in [5, 5.41) is 26.5. The molecule has 4 atom stereocenters. The van der Waals surface area contributed by atoms with Crippen LogP contribution in [-0.2, 0) is 55.6 Å². The Morgan fingerprint density at radius 3 is 2.47 bits per heavy atom. The number of nitrogens with zero attached hydrogens (tertiary/aromatic N) is 2. The lowest BCUT2D eigenvalue weighted by Crippen LogP contribution is -2.54. The van der Waals surface area contributed by atoms with Crippen LogP contribution in [0.25, 0.3) is 22.3 Å². The van der Waals surface area contributed by atoms with E-state index in [4.69, 9.17) is 20.2 Å². The number of aromatic nitrogens is 2. The summed E-state index contributed by atoms with van der Waals surface area (Å²) in [4.78, 5) is 83.1. The maximum atomic E-state index is 15.4. The largest absolute Gasteiger partial charge is 0.458 e. The van der Waals surface area contributed by atoms with Crippen molar-refractivity contribution < 1.29 is 42.9 Å². The van der Waals surface area contributed by atoms with Gasteiger partial charge in [-0.1, -0.05) is 46.8 Å². The van der Waals surface area contributed by atoms with Crippen LogP contribution in [-0.4, -0.2) is 69.2 Å². The van der Waals surface area contributed by atoms with E-state index in [-0.39, 0.29) is 68.1 Å². The van der Waals surface area contributed by atoms with Crippen molar-refractivity contribution in [3.05, 3.63) is 91.5 Å². The summed E-state index contributed by atoms with van der Waals surface area (Å²) in [5.41, 5.74) is 7.80. The number of urea groups is 1. The van der Waals surface area contributed by atoms with E-state index in [0.29, 0.717) is 69.5 Å². The molecule has 18 heteroatoms. The zero-order valence-corrected chi connectivity index (χ0v) is 36.8. The maximum absolute atomic E-state index is 15.4. The highest BCUT2D eigenvalue weighted by atomic mass is 19.1. The summed E-state index contributed by atoms with van der Waals surface area (Å²) in [6, 6.07) is 6.91. The normalized spacial score (nSPS) is 18.1. The number of amides is 5. The van der Waals surface area contributed by atoms with Gasteiger partial charge in [0.2, 0.25) is 11.8 Å². The van der Waals surface area contributed by atoms with Gasteiger partial charge in [-0.15, -0.1) is 0 Å². The van der Waals surface area contributed by atoms with Crippen LogP contribution < -0.4 is 37.9 Å². The first kappa shape index (κ1) is 45.6. The molecular weight excluding hydrogens is 828 g/mol. The lowest BCUT2D eigenvalue weighted by molar-refractivity contribution is -0.172. The summed E-state index contributed by atoms with van der Waals surface area (Å²) in [5.74, 6) is -2.10. The zero-order chi connectivity index (χ0) is 46.2. The number of anilines is 1. The number of benzene rings is 2. The molecule has 2 aromatic heterocycles. The molecule has 7 rings (SSSR count). The number of primary amides is 1. The van der Waals surface area contributed by atoms with Crippen LogP contribution in [0.2, 0.25) is 0 Å². The second-order valence-electron chi connectivity index (χ2n) is 17.3. The quantitative estimate of drug-likeness (QED) is 0.0576. The van der Waals surface area contributed by atoms with E-state index in [2.05, 4.69) is 26.6 Å². The number of fused-ring (bicyclic) bond motifs is 5. The highest BCUT2D eigenvalue weighted by Gasteiger charge is 2.46. The van der Waals surface area contributed by atoms with Crippen molar-refractivity contribution in [3.8, 4) is 11.4 Å². The van der Waals surface area contributed by atoms with Gasteiger partial charge in [0.25, 0.3) is 5.56 Å². The lowest BCUT2D eigenvalue weighted by Gasteiger charge is -2.31. The van der Waals surface area contributed by atoms with Crippen LogP contribution in [0.5, 0.6) is 0 Å². The third kappa shape index (κ3) is 8.88. The number of hydrogen-bond acceptors (Lipinski definition) is 11. The van der Waals surface area contributed by atoms with Gasteiger partial charge in [0.05, 0.1) is 41.1 Å². The van der Waals surface area contributed by atoms with Crippen molar-refractivity contribution in [1.82, 2.24) is 30.8 Å². The highest BCUT2D eigenvalue weighted by Crippen LogP contribution is 2.46. The van der Waals surface area contributed by atoms with Crippen LogP contribution in [0.15, 0.2) is 41.2 Å². The van der Waals surface area contributed by atoms with E-state index in [1.165, 1.54) is 10.6 Å². The third-order valence-corrected chi connectivity index (χ3v) is 12.3. The molecule has 0 saturated carbocycles. The Labute approximate surface area is 369 Å². The molecule has 4 heterocycles. The van der Waals surface area contributed by atoms with E-state index in [0.717, 1.165) is 5.56 Å². The molecule has 1 aliphatic carbocycles. The molecule has 5 amide bonds. The first-order chi connectivity index (χ1) is 30.4. The SMILES string of the molecule is CC[C@@]1(O)C(=O)OCc2c1cc1n(c2=O)Cc2c-1nc1cc(F)c(C)c3c1c2[C@@H](NC(=O)OCc1ccc(NC(=O)[C@H](CCCNC(N)=O)NC(=O)[C@@H](NC(C)C)C(C)C)cc1)CC3. The number of hydrogen-bond donors (Lipinski definition) is 7. The number of cyclic esters (lactones) is 1. The maximum Gasteiger partial charge on any atom is 0.407 e. The fourth-order valence-electron chi connectivity index (χ4n) is 8.92. The minimum absolute atomic E-state index is 0.0228. The Morgan fingerprint density at radius 1 is 1.06 bits per heavy atom. The van der Waals surface area contributed by atoms with Crippen LogP contribution in [0.4, 0.5) is 19.7 Å². The van der Waals surface area contributed by atoms with Crippen LogP contribution in [0.1, 0.15) is 105 Å². The molecule has 0 unspecified atom stereocenters. The molecule has 3 aliphatic rings.